The normalized spacial score (nSPS) is 17.3. The number of hydrogen-bond acceptors (Lipinski definition) is 10. The Morgan fingerprint density at radius 3 is 0.519 bits per heavy atom. The van der Waals surface area contributed by atoms with Gasteiger partial charge in [-0.05, 0) is 0 Å². The fourth-order valence-electron chi connectivity index (χ4n) is 6.61. The molecule has 0 aromatic heterocycles. The van der Waals surface area contributed by atoms with Crippen LogP contribution in [-0.2, 0) is 28.4 Å². The molecule has 10 heteroatoms. The van der Waals surface area contributed by atoms with Crippen molar-refractivity contribution in [2.75, 3.05) is 106 Å². The molecule has 6 aromatic carbocycles. The lowest BCUT2D eigenvalue weighted by Gasteiger charge is -2.18. The minimum absolute atomic E-state index is 0.402. The van der Waals surface area contributed by atoms with Crippen molar-refractivity contribution in [2.45, 2.75) is 0 Å². The van der Waals surface area contributed by atoms with Crippen LogP contribution in [0.2, 0.25) is 0 Å². The van der Waals surface area contributed by atoms with Gasteiger partial charge in [-0.15, -0.1) is 0 Å². The minimum atomic E-state index is 0.402. The van der Waals surface area contributed by atoms with E-state index in [0.717, 1.165) is 66.1 Å². The SMILES string of the molecule is c1ccc2c3c4ccccc4c(c2c1)OCCOCCOCCOCCOc1c2ccccc2c(c2ccccc12)OCCOCCOCCOCCO3. The highest BCUT2D eigenvalue weighted by Gasteiger charge is 2.17. The monoisotopic (exact) mass is 736 g/mol. The van der Waals surface area contributed by atoms with Gasteiger partial charge in [0, 0.05) is 43.1 Å². The van der Waals surface area contributed by atoms with Gasteiger partial charge < -0.3 is 47.4 Å². The summed E-state index contributed by atoms with van der Waals surface area (Å²) in [6, 6.07) is 32.6. The van der Waals surface area contributed by atoms with Crippen LogP contribution in [0, 0.1) is 0 Å². The first-order valence-electron chi connectivity index (χ1n) is 18.7. The Labute approximate surface area is 315 Å². The van der Waals surface area contributed by atoms with Gasteiger partial charge in [0.2, 0.25) is 0 Å². The summed E-state index contributed by atoms with van der Waals surface area (Å²) in [6.07, 6.45) is 0. The van der Waals surface area contributed by atoms with Crippen molar-refractivity contribution < 1.29 is 47.4 Å². The van der Waals surface area contributed by atoms with Gasteiger partial charge >= 0.3 is 0 Å². The van der Waals surface area contributed by atoms with Crippen molar-refractivity contribution in [3.8, 4) is 23.0 Å². The van der Waals surface area contributed by atoms with Gasteiger partial charge in [-0.25, -0.2) is 0 Å². The molecule has 0 spiro atoms. The average molecular weight is 737 g/mol. The molecule has 8 rings (SSSR count). The van der Waals surface area contributed by atoms with E-state index >= 15 is 0 Å². The zero-order chi connectivity index (χ0) is 36.6. The van der Waals surface area contributed by atoms with Crippen LogP contribution in [0.25, 0.3) is 43.1 Å². The summed E-state index contributed by atoms with van der Waals surface area (Å²) in [6.45, 7) is 7.04. The lowest BCUT2D eigenvalue weighted by Crippen LogP contribution is -2.15. The van der Waals surface area contributed by atoms with Gasteiger partial charge in [0.1, 0.15) is 49.4 Å². The van der Waals surface area contributed by atoms with Crippen molar-refractivity contribution >= 4 is 43.1 Å². The van der Waals surface area contributed by atoms with Crippen molar-refractivity contribution in [2.24, 2.45) is 0 Å². The lowest BCUT2D eigenvalue weighted by atomic mass is 10.0. The van der Waals surface area contributed by atoms with E-state index in [1.54, 1.807) is 0 Å². The van der Waals surface area contributed by atoms with E-state index in [4.69, 9.17) is 47.4 Å². The predicted octanol–water partition coefficient (Wildman–Crippen LogP) is 7.63. The first kappa shape index (κ1) is 37.6. The van der Waals surface area contributed by atoms with Gasteiger partial charge in [-0.2, -0.15) is 0 Å². The van der Waals surface area contributed by atoms with E-state index in [9.17, 15) is 0 Å². The highest BCUT2D eigenvalue weighted by Crippen LogP contribution is 2.44. The molecule has 0 atom stereocenters. The Morgan fingerprint density at radius 2 is 0.352 bits per heavy atom. The predicted molar refractivity (Wildman–Crippen MR) is 210 cm³/mol. The summed E-state index contributed by atoms with van der Waals surface area (Å²) >= 11 is 0. The molecule has 0 saturated carbocycles. The van der Waals surface area contributed by atoms with Crippen molar-refractivity contribution in [1.82, 2.24) is 0 Å². The fraction of sp³-hybridized carbons (Fsp3) is 0.364. The van der Waals surface area contributed by atoms with Crippen LogP contribution in [-0.4, -0.2) is 106 Å². The Balaban J connectivity index is 0.971. The maximum atomic E-state index is 6.36. The van der Waals surface area contributed by atoms with E-state index in [0.29, 0.717) is 106 Å². The van der Waals surface area contributed by atoms with E-state index in [1.165, 1.54) is 0 Å². The Kier molecular flexibility index (Phi) is 14.0. The molecule has 54 heavy (non-hydrogen) atoms. The van der Waals surface area contributed by atoms with E-state index < -0.39 is 0 Å². The smallest absolute Gasteiger partial charge is 0.135 e. The molecule has 10 nitrogen and oxygen atoms in total. The van der Waals surface area contributed by atoms with Crippen molar-refractivity contribution in [1.29, 1.82) is 0 Å². The molecule has 4 bridgehead atoms. The van der Waals surface area contributed by atoms with Gasteiger partial charge in [0.25, 0.3) is 0 Å². The molecule has 2 aliphatic rings. The van der Waals surface area contributed by atoms with Crippen molar-refractivity contribution in [3.63, 3.8) is 0 Å². The van der Waals surface area contributed by atoms with Gasteiger partial charge in [0.15, 0.2) is 0 Å². The highest BCUT2D eigenvalue weighted by molar-refractivity contribution is 6.12. The Bertz CT molecular complexity index is 1680. The lowest BCUT2D eigenvalue weighted by molar-refractivity contribution is 0.00506. The molecule has 0 amide bonds. The van der Waals surface area contributed by atoms with Crippen LogP contribution in [0.3, 0.4) is 0 Å². The highest BCUT2D eigenvalue weighted by atomic mass is 16.6. The summed E-state index contributed by atoms with van der Waals surface area (Å²) in [5.74, 6) is 3.26. The van der Waals surface area contributed by atoms with Crippen LogP contribution < -0.4 is 18.9 Å². The van der Waals surface area contributed by atoms with Crippen molar-refractivity contribution in [3.05, 3.63) is 97.1 Å². The number of ether oxygens (including phenoxy) is 10. The van der Waals surface area contributed by atoms with E-state index in [2.05, 4.69) is 48.5 Å². The molecular weight excluding hydrogens is 688 g/mol. The topological polar surface area (TPSA) is 92.3 Å². The maximum absolute atomic E-state index is 6.36. The zero-order valence-electron chi connectivity index (χ0n) is 30.6. The number of hydrogen-bond donors (Lipinski definition) is 0. The summed E-state index contributed by atoms with van der Waals surface area (Å²) in [5.41, 5.74) is 0. The van der Waals surface area contributed by atoms with Gasteiger partial charge in [0.05, 0.1) is 79.3 Å². The third kappa shape index (κ3) is 9.51. The molecule has 2 heterocycles. The molecule has 0 aliphatic carbocycles. The fourth-order valence-corrected chi connectivity index (χ4v) is 6.61. The van der Waals surface area contributed by atoms with Crippen LogP contribution in [0.4, 0.5) is 0 Å². The molecule has 0 radical (unpaired) electrons. The Morgan fingerprint density at radius 1 is 0.204 bits per heavy atom. The number of fused-ring (bicyclic) bond motifs is 25. The maximum Gasteiger partial charge on any atom is 0.135 e. The zero-order valence-corrected chi connectivity index (χ0v) is 30.6. The molecule has 0 fully saturated rings. The van der Waals surface area contributed by atoms with Crippen LogP contribution in [0.15, 0.2) is 97.1 Å². The van der Waals surface area contributed by atoms with E-state index in [1.807, 2.05) is 48.5 Å². The molecule has 6 aromatic rings. The third-order valence-corrected chi connectivity index (χ3v) is 9.05. The molecule has 0 N–H and O–H groups in total. The first-order chi connectivity index (χ1) is 26.9. The first-order valence-corrected chi connectivity index (χ1v) is 18.7. The Hall–Kier alpha value is -4.68. The molecular formula is C44H48O10. The quantitative estimate of drug-likeness (QED) is 0.115. The summed E-state index contributed by atoms with van der Waals surface area (Å²) in [4.78, 5) is 0. The average Bonchev–Trinajstić information content (AvgIpc) is 3.21. The molecule has 0 saturated heterocycles. The number of rotatable bonds is 0. The van der Waals surface area contributed by atoms with Crippen LogP contribution in [0.5, 0.6) is 23.0 Å². The van der Waals surface area contributed by atoms with Crippen LogP contribution in [0.1, 0.15) is 0 Å². The number of benzene rings is 6. The van der Waals surface area contributed by atoms with E-state index in [-0.39, 0.29) is 0 Å². The largest absolute Gasteiger partial charge is 0.490 e. The second kappa shape index (κ2) is 20.1. The summed E-state index contributed by atoms with van der Waals surface area (Å²) < 4.78 is 60.2. The minimum Gasteiger partial charge on any atom is -0.490 e. The summed E-state index contributed by atoms with van der Waals surface area (Å²) in [5, 5.41) is 7.89. The standard InChI is InChI=1S/C44H48O10/c1-2-10-34-33(9-1)41-35-11-3-4-12-36(35)42(34)52-30-26-48-22-18-46-20-24-50-28-32-54-44-39-15-7-5-13-37(39)43(38-14-6-8-16-40(38)44)53-31-27-49-23-19-45-17-21-47-25-29-51-41/h1-16H,17-32H2. The molecule has 2 aliphatic heterocycles. The molecule has 0 unspecified atom stereocenters. The third-order valence-electron chi connectivity index (χ3n) is 9.05. The second-order valence-corrected chi connectivity index (χ2v) is 12.6. The summed E-state index contributed by atoms with van der Waals surface area (Å²) in [7, 11) is 0. The van der Waals surface area contributed by atoms with Gasteiger partial charge in [-0.3, -0.25) is 0 Å². The second-order valence-electron chi connectivity index (χ2n) is 12.6. The van der Waals surface area contributed by atoms with Crippen LogP contribution >= 0.6 is 0 Å². The van der Waals surface area contributed by atoms with Gasteiger partial charge in [-0.1, -0.05) is 97.1 Å². The molecule has 284 valence electrons.